The van der Waals surface area contributed by atoms with Gasteiger partial charge in [-0.3, -0.25) is 0 Å². The number of carboxylic acids is 1. The summed E-state index contributed by atoms with van der Waals surface area (Å²) in [5.74, 6) is -0.0254. The number of hydrogen-bond donors (Lipinski definition) is 1. The minimum atomic E-state index is -1.03. The van der Waals surface area contributed by atoms with E-state index in [0.717, 1.165) is 0 Å². The number of benzene rings is 2. The molecule has 0 aliphatic carbocycles. The van der Waals surface area contributed by atoms with Crippen LogP contribution in [0, 0.1) is 0 Å². The van der Waals surface area contributed by atoms with E-state index in [0.29, 0.717) is 27.6 Å². The first-order valence-corrected chi connectivity index (χ1v) is 6.20. The molecule has 4 nitrogen and oxygen atoms in total. The van der Waals surface area contributed by atoms with Gasteiger partial charge in [0.15, 0.2) is 11.5 Å². The van der Waals surface area contributed by atoms with Gasteiger partial charge < -0.3 is 14.6 Å². The van der Waals surface area contributed by atoms with Crippen molar-refractivity contribution in [2.24, 2.45) is 0 Å². The molecular formula is C15H13ClO4. The van der Waals surface area contributed by atoms with Crippen LogP contribution in [-0.4, -0.2) is 25.3 Å². The number of carbonyl (C=O) groups is 1. The molecule has 20 heavy (non-hydrogen) atoms. The van der Waals surface area contributed by atoms with Gasteiger partial charge in [0, 0.05) is 16.1 Å². The molecule has 0 heterocycles. The van der Waals surface area contributed by atoms with Crippen molar-refractivity contribution < 1.29 is 19.4 Å². The van der Waals surface area contributed by atoms with Gasteiger partial charge in [-0.1, -0.05) is 23.7 Å². The second kappa shape index (κ2) is 5.84. The summed E-state index contributed by atoms with van der Waals surface area (Å²) < 4.78 is 10.6. The molecule has 0 aliphatic heterocycles. The third kappa shape index (κ3) is 2.56. The summed E-state index contributed by atoms with van der Waals surface area (Å²) in [5, 5.41) is 9.75. The number of aromatic carboxylic acids is 1. The van der Waals surface area contributed by atoms with Crippen LogP contribution in [0.4, 0.5) is 0 Å². The van der Waals surface area contributed by atoms with Gasteiger partial charge in [0.25, 0.3) is 0 Å². The Balaban J connectivity index is 2.74. The summed E-state index contributed by atoms with van der Waals surface area (Å²) >= 11 is 5.98. The third-order valence-electron chi connectivity index (χ3n) is 2.91. The monoisotopic (exact) mass is 292 g/mol. The Labute approximate surface area is 121 Å². The molecule has 0 saturated carbocycles. The molecule has 0 spiro atoms. The van der Waals surface area contributed by atoms with E-state index in [1.807, 2.05) is 0 Å². The molecule has 0 atom stereocenters. The number of hydrogen-bond acceptors (Lipinski definition) is 3. The fourth-order valence-electron chi connectivity index (χ4n) is 2.03. The Morgan fingerprint density at radius 3 is 2.45 bits per heavy atom. The van der Waals surface area contributed by atoms with Crippen LogP contribution >= 0.6 is 11.6 Å². The maximum Gasteiger partial charge on any atom is 0.336 e. The maximum absolute atomic E-state index is 11.3. The van der Waals surface area contributed by atoms with E-state index < -0.39 is 5.97 Å². The number of ether oxygens (including phenoxy) is 2. The van der Waals surface area contributed by atoms with Gasteiger partial charge >= 0.3 is 5.97 Å². The third-order valence-corrected chi connectivity index (χ3v) is 3.14. The van der Waals surface area contributed by atoms with Gasteiger partial charge in [0.2, 0.25) is 0 Å². The quantitative estimate of drug-likeness (QED) is 0.933. The van der Waals surface area contributed by atoms with Crippen molar-refractivity contribution in [1.29, 1.82) is 0 Å². The minimum Gasteiger partial charge on any atom is -0.493 e. The Kier molecular flexibility index (Phi) is 4.15. The fourth-order valence-corrected chi connectivity index (χ4v) is 2.20. The number of rotatable bonds is 4. The summed E-state index contributed by atoms with van der Waals surface area (Å²) in [6.07, 6.45) is 0. The molecule has 0 unspecified atom stereocenters. The summed E-state index contributed by atoms with van der Waals surface area (Å²) in [4.78, 5) is 11.3. The molecule has 104 valence electrons. The van der Waals surface area contributed by atoms with E-state index in [1.165, 1.54) is 20.3 Å². The van der Waals surface area contributed by atoms with Gasteiger partial charge in [0.1, 0.15) is 0 Å². The molecule has 0 aliphatic rings. The molecule has 0 bridgehead atoms. The molecular weight excluding hydrogens is 280 g/mol. The molecule has 0 amide bonds. The van der Waals surface area contributed by atoms with Gasteiger partial charge in [-0.2, -0.15) is 0 Å². The number of para-hydroxylation sites is 1. The zero-order valence-electron chi connectivity index (χ0n) is 11.0. The summed E-state index contributed by atoms with van der Waals surface area (Å²) in [6.45, 7) is 0. The van der Waals surface area contributed by atoms with E-state index in [4.69, 9.17) is 21.1 Å². The zero-order valence-corrected chi connectivity index (χ0v) is 11.8. The molecule has 2 aromatic rings. The standard InChI is InChI=1S/C15H13ClO4/c1-19-13-5-3-4-10(14(13)20-2)12-8-9(16)6-7-11(12)15(17)18/h3-8H,1-2H3,(H,17,18). The van der Waals surface area contributed by atoms with Crippen LogP contribution in [0.25, 0.3) is 11.1 Å². The second-order valence-electron chi connectivity index (χ2n) is 4.04. The van der Waals surface area contributed by atoms with Crippen molar-refractivity contribution in [3.63, 3.8) is 0 Å². The molecule has 5 heteroatoms. The van der Waals surface area contributed by atoms with Crippen LogP contribution in [0.3, 0.4) is 0 Å². The van der Waals surface area contributed by atoms with Crippen LogP contribution < -0.4 is 9.47 Å². The topological polar surface area (TPSA) is 55.8 Å². The highest BCUT2D eigenvalue weighted by molar-refractivity contribution is 6.31. The molecule has 0 aromatic heterocycles. The Bertz CT molecular complexity index is 652. The average Bonchev–Trinajstić information content (AvgIpc) is 2.45. The van der Waals surface area contributed by atoms with Gasteiger partial charge in [-0.25, -0.2) is 4.79 Å². The normalized spacial score (nSPS) is 10.2. The first-order valence-electron chi connectivity index (χ1n) is 5.82. The molecule has 1 N–H and O–H groups in total. The molecule has 0 radical (unpaired) electrons. The average molecular weight is 293 g/mol. The number of halogens is 1. The summed E-state index contributed by atoms with van der Waals surface area (Å²) in [7, 11) is 3.03. The fraction of sp³-hybridized carbons (Fsp3) is 0.133. The molecule has 2 rings (SSSR count). The second-order valence-corrected chi connectivity index (χ2v) is 4.47. The SMILES string of the molecule is COc1cccc(-c2cc(Cl)ccc2C(=O)O)c1OC. The number of carboxylic acid groups (broad SMARTS) is 1. The molecule has 0 fully saturated rings. The zero-order chi connectivity index (χ0) is 14.7. The lowest BCUT2D eigenvalue weighted by Crippen LogP contribution is -2.01. The van der Waals surface area contributed by atoms with E-state index >= 15 is 0 Å². The lowest BCUT2D eigenvalue weighted by Gasteiger charge is -2.14. The largest absolute Gasteiger partial charge is 0.493 e. The first-order chi connectivity index (χ1) is 9.58. The molecule has 0 saturated heterocycles. The van der Waals surface area contributed by atoms with Crippen molar-refractivity contribution in [3.8, 4) is 22.6 Å². The van der Waals surface area contributed by atoms with E-state index in [9.17, 15) is 9.90 Å². The van der Waals surface area contributed by atoms with Crippen molar-refractivity contribution >= 4 is 17.6 Å². The predicted molar refractivity (Wildman–Crippen MR) is 77.0 cm³/mol. The highest BCUT2D eigenvalue weighted by atomic mass is 35.5. The maximum atomic E-state index is 11.3. The van der Waals surface area contributed by atoms with Crippen molar-refractivity contribution in [2.75, 3.05) is 14.2 Å². The lowest BCUT2D eigenvalue weighted by atomic mass is 9.98. The highest BCUT2D eigenvalue weighted by Crippen LogP contribution is 2.40. The van der Waals surface area contributed by atoms with Crippen LogP contribution in [-0.2, 0) is 0 Å². The van der Waals surface area contributed by atoms with Crippen molar-refractivity contribution in [1.82, 2.24) is 0 Å². The van der Waals surface area contributed by atoms with E-state index in [-0.39, 0.29) is 5.56 Å². The van der Waals surface area contributed by atoms with Crippen LogP contribution in [0.5, 0.6) is 11.5 Å². The Morgan fingerprint density at radius 2 is 1.85 bits per heavy atom. The predicted octanol–water partition coefficient (Wildman–Crippen LogP) is 3.72. The highest BCUT2D eigenvalue weighted by Gasteiger charge is 2.18. The van der Waals surface area contributed by atoms with E-state index in [2.05, 4.69) is 0 Å². The van der Waals surface area contributed by atoms with Crippen LogP contribution in [0.2, 0.25) is 5.02 Å². The Hall–Kier alpha value is -2.20. The van der Waals surface area contributed by atoms with Gasteiger partial charge in [-0.05, 0) is 24.3 Å². The van der Waals surface area contributed by atoms with Gasteiger partial charge in [-0.15, -0.1) is 0 Å². The Morgan fingerprint density at radius 1 is 1.10 bits per heavy atom. The summed E-state index contributed by atoms with van der Waals surface area (Å²) in [5.41, 5.74) is 1.26. The van der Waals surface area contributed by atoms with Crippen LogP contribution in [0.15, 0.2) is 36.4 Å². The van der Waals surface area contributed by atoms with Crippen molar-refractivity contribution in [2.45, 2.75) is 0 Å². The number of methoxy groups -OCH3 is 2. The van der Waals surface area contributed by atoms with Gasteiger partial charge in [0.05, 0.1) is 19.8 Å². The van der Waals surface area contributed by atoms with Crippen LogP contribution in [0.1, 0.15) is 10.4 Å². The minimum absolute atomic E-state index is 0.154. The smallest absolute Gasteiger partial charge is 0.336 e. The summed E-state index contributed by atoms with van der Waals surface area (Å²) in [6, 6.07) is 9.89. The lowest BCUT2D eigenvalue weighted by molar-refractivity contribution is 0.0697. The first kappa shape index (κ1) is 14.2. The van der Waals surface area contributed by atoms with Crippen molar-refractivity contribution in [3.05, 3.63) is 47.0 Å². The molecule has 2 aromatic carbocycles. The van der Waals surface area contributed by atoms with E-state index in [1.54, 1.807) is 30.3 Å².